The van der Waals surface area contributed by atoms with Gasteiger partial charge in [-0.1, -0.05) is 6.92 Å². The summed E-state index contributed by atoms with van der Waals surface area (Å²) in [5, 5.41) is 5.03. The minimum Gasteiger partial charge on any atom is -0.444 e. The van der Waals surface area contributed by atoms with Gasteiger partial charge in [-0.3, -0.25) is 14.9 Å². The Labute approximate surface area is 220 Å². The molecule has 2 unspecified atom stereocenters. The molecular weight excluding hydrogens is 500 g/mol. The highest BCUT2D eigenvalue weighted by Crippen LogP contribution is 2.36. The van der Waals surface area contributed by atoms with Gasteiger partial charge in [0.1, 0.15) is 11.1 Å². The maximum absolute atomic E-state index is 13.7. The van der Waals surface area contributed by atoms with E-state index >= 15 is 0 Å². The highest BCUT2D eigenvalue weighted by Gasteiger charge is 2.57. The van der Waals surface area contributed by atoms with Gasteiger partial charge < -0.3 is 24.8 Å². The Bertz CT molecular complexity index is 1140. The summed E-state index contributed by atoms with van der Waals surface area (Å²) >= 11 is 0. The highest BCUT2D eigenvalue weighted by molar-refractivity contribution is 6.07. The Morgan fingerprint density at radius 1 is 1.11 bits per heavy atom. The molecule has 38 heavy (non-hydrogen) atoms. The van der Waals surface area contributed by atoms with Gasteiger partial charge in [-0.05, 0) is 46.2 Å². The van der Waals surface area contributed by atoms with E-state index in [4.69, 9.17) is 4.74 Å². The van der Waals surface area contributed by atoms with E-state index in [1.165, 1.54) is 11.0 Å². The first-order chi connectivity index (χ1) is 17.7. The van der Waals surface area contributed by atoms with Crippen LogP contribution in [0.4, 0.5) is 24.1 Å². The normalized spacial score (nSPS) is 25.0. The van der Waals surface area contributed by atoms with E-state index in [-0.39, 0.29) is 37.4 Å². The minimum atomic E-state index is -1.32. The molecule has 0 aromatic heterocycles. The first kappa shape index (κ1) is 27.6. The summed E-state index contributed by atoms with van der Waals surface area (Å²) in [4.78, 5) is 56.0. The molecule has 12 heteroatoms. The molecule has 0 saturated carbocycles. The Hall–Kier alpha value is -3.44. The van der Waals surface area contributed by atoms with Crippen molar-refractivity contribution in [2.24, 2.45) is 11.8 Å². The number of rotatable bonds is 5. The van der Waals surface area contributed by atoms with Crippen LogP contribution in [0.2, 0.25) is 0 Å². The summed E-state index contributed by atoms with van der Waals surface area (Å²) in [5.41, 5.74) is -1.43. The summed E-state index contributed by atoms with van der Waals surface area (Å²) in [5.74, 6) is -3.49. The van der Waals surface area contributed by atoms with Crippen LogP contribution in [0.1, 0.15) is 41.0 Å². The fourth-order valence-corrected chi connectivity index (χ4v) is 5.46. The second kappa shape index (κ2) is 10.0. The molecular formula is C26H35F2N5O5. The molecule has 3 saturated heterocycles. The van der Waals surface area contributed by atoms with Crippen LogP contribution in [-0.2, 0) is 14.3 Å². The van der Waals surface area contributed by atoms with E-state index in [0.717, 1.165) is 12.1 Å². The number of hydrogen-bond acceptors (Lipinski definition) is 6. The fourth-order valence-electron chi connectivity index (χ4n) is 5.46. The Balaban J connectivity index is 1.40. The molecule has 1 aromatic rings. The van der Waals surface area contributed by atoms with Crippen molar-refractivity contribution in [3.8, 4) is 0 Å². The van der Waals surface area contributed by atoms with Gasteiger partial charge in [-0.25, -0.2) is 18.4 Å². The maximum atomic E-state index is 13.7. The number of carbonyl (C=O) groups excluding carboxylic acids is 4. The molecule has 3 aliphatic heterocycles. The second-order valence-corrected chi connectivity index (χ2v) is 11.5. The molecule has 0 aliphatic carbocycles. The number of anilines is 1. The lowest BCUT2D eigenvalue weighted by atomic mass is 9.73. The van der Waals surface area contributed by atoms with Crippen molar-refractivity contribution < 1.29 is 32.7 Å². The van der Waals surface area contributed by atoms with Gasteiger partial charge in [-0.15, -0.1) is 0 Å². The zero-order valence-electron chi connectivity index (χ0n) is 22.3. The number of hydrogen-bond donors (Lipinski definition) is 2. The molecule has 4 rings (SSSR count). The SMILES string of the molecule is CC(CC1(C2CN(C(=O)OC(C)(C)C)C2)NC(=O)NC1=O)C(=O)N1CCN(c2ccc(F)c(F)c2)[C@@H](C)C1. The standard InChI is InChI=1S/C26H35F2N5O5/c1-15(21(34)31-8-9-33(16(2)12-31)18-6-7-19(27)20(28)10-18)11-26(22(35)29-23(36)30-26)17-13-32(14-17)24(37)38-25(3,4)5/h6-7,10,15-17H,8-9,11-14H2,1-5H3,(H2,29,30,35,36)/t15?,16-,26?/m0/s1. The van der Waals surface area contributed by atoms with Gasteiger partial charge in [0.15, 0.2) is 11.6 Å². The Morgan fingerprint density at radius 2 is 1.79 bits per heavy atom. The second-order valence-electron chi connectivity index (χ2n) is 11.5. The zero-order chi connectivity index (χ0) is 28.0. The van der Waals surface area contributed by atoms with E-state index < -0.39 is 46.7 Å². The molecule has 3 heterocycles. The predicted octanol–water partition coefficient (Wildman–Crippen LogP) is 2.47. The number of nitrogens with one attached hydrogen (secondary N) is 2. The average molecular weight is 536 g/mol. The van der Waals surface area contributed by atoms with Crippen molar-refractivity contribution in [1.82, 2.24) is 20.4 Å². The van der Waals surface area contributed by atoms with Crippen LogP contribution in [0.5, 0.6) is 0 Å². The third kappa shape index (κ3) is 5.39. The topological polar surface area (TPSA) is 111 Å². The molecule has 1 aromatic carbocycles. The van der Waals surface area contributed by atoms with Gasteiger partial charge in [0.05, 0.1) is 0 Å². The third-order valence-corrected chi connectivity index (χ3v) is 7.42. The van der Waals surface area contributed by atoms with Crippen molar-refractivity contribution in [2.75, 3.05) is 37.6 Å². The number of imide groups is 1. The van der Waals surface area contributed by atoms with Crippen LogP contribution >= 0.6 is 0 Å². The number of ether oxygens (including phenoxy) is 1. The number of carbonyl (C=O) groups is 4. The van der Waals surface area contributed by atoms with E-state index in [9.17, 15) is 28.0 Å². The molecule has 0 spiro atoms. The number of nitrogens with zero attached hydrogens (tertiary/aromatic N) is 3. The fraction of sp³-hybridized carbons (Fsp3) is 0.615. The monoisotopic (exact) mass is 535 g/mol. The van der Waals surface area contributed by atoms with Gasteiger partial charge in [-0.2, -0.15) is 0 Å². The van der Waals surface area contributed by atoms with Crippen LogP contribution < -0.4 is 15.5 Å². The number of benzene rings is 1. The predicted molar refractivity (Wildman–Crippen MR) is 134 cm³/mol. The average Bonchev–Trinajstić information content (AvgIpc) is 3.05. The smallest absolute Gasteiger partial charge is 0.410 e. The molecule has 0 radical (unpaired) electrons. The summed E-state index contributed by atoms with van der Waals surface area (Å²) < 4.78 is 32.5. The molecule has 3 aliphatic rings. The summed E-state index contributed by atoms with van der Waals surface area (Å²) in [6.45, 7) is 10.5. The number of urea groups is 1. The summed E-state index contributed by atoms with van der Waals surface area (Å²) in [7, 11) is 0. The maximum Gasteiger partial charge on any atom is 0.410 e. The number of piperazine rings is 1. The van der Waals surface area contributed by atoms with Crippen LogP contribution in [0, 0.1) is 23.5 Å². The number of likely N-dealkylation sites (tertiary alicyclic amines) is 1. The lowest BCUT2D eigenvalue weighted by Crippen LogP contribution is -2.67. The number of amides is 5. The van der Waals surface area contributed by atoms with Gasteiger partial charge in [0.2, 0.25) is 5.91 Å². The summed E-state index contributed by atoms with van der Waals surface area (Å²) in [6, 6.07) is 2.97. The van der Waals surface area contributed by atoms with E-state index in [1.807, 2.05) is 11.8 Å². The lowest BCUT2D eigenvalue weighted by Gasteiger charge is -2.48. The highest BCUT2D eigenvalue weighted by atomic mass is 19.2. The first-order valence-electron chi connectivity index (χ1n) is 12.8. The molecule has 2 N–H and O–H groups in total. The van der Waals surface area contributed by atoms with Crippen molar-refractivity contribution in [3.05, 3.63) is 29.8 Å². The van der Waals surface area contributed by atoms with Crippen LogP contribution in [-0.4, -0.2) is 83.6 Å². The van der Waals surface area contributed by atoms with Gasteiger partial charge in [0, 0.05) is 62.4 Å². The van der Waals surface area contributed by atoms with Crippen LogP contribution in [0.3, 0.4) is 0 Å². The molecule has 5 amide bonds. The van der Waals surface area contributed by atoms with E-state index in [0.29, 0.717) is 25.3 Å². The van der Waals surface area contributed by atoms with Crippen molar-refractivity contribution >= 4 is 29.6 Å². The van der Waals surface area contributed by atoms with E-state index in [2.05, 4.69) is 10.6 Å². The van der Waals surface area contributed by atoms with Crippen molar-refractivity contribution in [2.45, 2.75) is 58.2 Å². The first-order valence-corrected chi connectivity index (χ1v) is 12.8. The Morgan fingerprint density at radius 3 is 2.34 bits per heavy atom. The lowest BCUT2D eigenvalue weighted by molar-refractivity contribution is -0.139. The molecule has 0 bridgehead atoms. The van der Waals surface area contributed by atoms with Crippen LogP contribution in [0.25, 0.3) is 0 Å². The zero-order valence-corrected chi connectivity index (χ0v) is 22.3. The van der Waals surface area contributed by atoms with Crippen LogP contribution in [0.15, 0.2) is 18.2 Å². The largest absolute Gasteiger partial charge is 0.444 e. The molecule has 3 fully saturated rings. The van der Waals surface area contributed by atoms with Crippen molar-refractivity contribution in [3.63, 3.8) is 0 Å². The number of halogens is 2. The quantitative estimate of drug-likeness (QED) is 0.561. The molecule has 208 valence electrons. The van der Waals surface area contributed by atoms with Crippen molar-refractivity contribution in [1.29, 1.82) is 0 Å². The molecule has 3 atom stereocenters. The minimum absolute atomic E-state index is 0.0774. The van der Waals surface area contributed by atoms with Gasteiger partial charge >= 0.3 is 12.1 Å². The Kier molecular flexibility index (Phi) is 7.28. The molecule has 10 nitrogen and oxygen atoms in total. The third-order valence-electron chi connectivity index (χ3n) is 7.42. The van der Waals surface area contributed by atoms with E-state index in [1.54, 1.807) is 32.6 Å². The summed E-state index contributed by atoms with van der Waals surface area (Å²) in [6.07, 6.45) is -0.417. The van der Waals surface area contributed by atoms with Gasteiger partial charge in [0.25, 0.3) is 5.91 Å².